The number of esters is 1. The van der Waals surface area contributed by atoms with Gasteiger partial charge in [0, 0.05) is 11.7 Å². The molecule has 0 aliphatic rings. The third-order valence-corrected chi connectivity index (χ3v) is 12.8. The van der Waals surface area contributed by atoms with Crippen LogP contribution in [0.15, 0.2) is 18.2 Å². The quantitative estimate of drug-likeness (QED) is 0.191. The van der Waals surface area contributed by atoms with E-state index in [1.807, 2.05) is 0 Å². The molecule has 10 heteroatoms. The van der Waals surface area contributed by atoms with Gasteiger partial charge in [-0.25, -0.2) is 13.2 Å². The molecule has 0 saturated heterocycles. The van der Waals surface area contributed by atoms with Crippen LogP contribution in [0.1, 0.15) is 50.5 Å². The van der Waals surface area contributed by atoms with Gasteiger partial charge in [0.05, 0.1) is 5.56 Å². The lowest BCUT2D eigenvalue weighted by Crippen LogP contribution is -2.25. The minimum absolute atomic E-state index is 0.198. The molecule has 4 nitrogen and oxygen atoms in total. The summed E-state index contributed by atoms with van der Waals surface area (Å²) in [6.07, 6.45) is -0.270. The van der Waals surface area contributed by atoms with Crippen LogP contribution >= 0.6 is 55.8 Å². The standard InChI is InChI=1S/C16H23F2I2NO3P2/c1-10(9-21)23-13-7-11(14(22)24-16(4,5)26(18)20)6-12(8-13)15(2,3)25(17)19/h6-8,10H,9,21H2,1-5H3. The molecule has 3 atom stereocenters. The van der Waals surface area contributed by atoms with E-state index in [9.17, 15) is 13.2 Å². The molecule has 0 aliphatic carbocycles. The first kappa shape index (κ1) is 24.7. The molecule has 0 aliphatic heterocycles. The molecule has 1 aromatic carbocycles. The second-order valence-electron chi connectivity index (χ2n) is 6.77. The number of rotatable bonds is 8. The molecule has 0 saturated carbocycles. The molecule has 1 rings (SSSR count). The van der Waals surface area contributed by atoms with Crippen LogP contribution < -0.4 is 10.5 Å². The number of carbonyl (C=O) groups excluding carboxylic acids is 1. The first-order valence-corrected chi connectivity index (χ1v) is 15.8. The lowest BCUT2D eigenvalue weighted by atomic mass is 9.99. The smallest absolute Gasteiger partial charge is 0.339 e. The van der Waals surface area contributed by atoms with Gasteiger partial charge < -0.3 is 15.2 Å². The molecule has 0 amide bonds. The molecule has 0 heterocycles. The first-order valence-electron chi connectivity index (χ1n) is 7.80. The van der Waals surface area contributed by atoms with Crippen molar-refractivity contribution in [2.75, 3.05) is 6.54 Å². The fourth-order valence-electron chi connectivity index (χ4n) is 1.84. The van der Waals surface area contributed by atoms with Gasteiger partial charge in [-0.1, -0.05) is 0 Å². The van der Waals surface area contributed by atoms with Crippen LogP contribution in [0.4, 0.5) is 8.39 Å². The highest BCUT2D eigenvalue weighted by atomic mass is 127. The zero-order chi connectivity index (χ0) is 20.3. The number of hydrogen-bond donors (Lipinski definition) is 1. The Morgan fingerprint density at radius 2 is 1.77 bits per heavy atom. The summed E-state index contributed by atoms with van der Waals surface area (Å²) in [5.74, 6) is -4.12. The van der Waals surface area contributed by atoms with E-state index in [1.54, 1.807) is 77.0 Å². The van der Waals surface area contributed by atoms with Crippen molar-refractivity contribution in [2.24, 2.45) is 5.73 Å². The monoisotopic (exact) mass is 631 g/mol. The van der Waals surface area contributed by atoms with Gasteiger partial charge >= 0.3 is 5.97 Å². The van der Waals surface area contributed by atoms with Crippen molar-refractivity contribution < 1.29 is 22.7 Å². The highest BCUT2D eigenvalue weighted by Gasteiger charge is 2.35. The number of benzene rings is 1. The maximum atomic E-state index is 14.2. The van der Waals surface area contributed by atoms with E-state index in [2.05, 4.69) is 0 Å². The minimum atomic E-state index is -2.01. The Labute approximate surface area is 182 Å². The van der Waals surface area contributed by atoms with Gasteiger partial charge in [-0.15, -0.1) is 0 Å². The van der Waals surface area contributed by atoms with Crippen molar-refractivity contribution in [1.82, 2.24) is 0 Å². The minimum Gasteiger partial charge on any atom is -0.489 e. The maximum absolute atomic E-state index is 14.2. The van der Waals surface area contributed by atoms with E-state index in [4.69, 9.17) is 15.2 Å². The van der Waals surface area contributed by atoms with E-state index in [1.165, 1.54) is 19.9 Å². The molecule has 26 heavy (non-hydrogen) atoms. The van der Waals surface area contributed by atoms with Crippen molar-refractivity contribution in [3.8, 4) is 5.75 Å². The Kier molecular flexibility index (Phi) is 9.39. The van der Waals surface area contributed by atoms with Gasteiger partial charge in [-0.05, 0) is 102 Å². The summed E-state index contributed by atoms with van der Waals surface area (Å²) in [4.78, 5) is 12.6. The molecule has 148 valence electrons. The number of ether oxygens (including phenoxy) is 2. The van der Waals surface area contributed by atoms with Gasteiger partial charge in [0.15, 0.2) is 17.1 Å². The average molecular weight is 631 g/mol. The summed E-state index contributed by atoms with van der Waals surface area (Å²) in [5.41, 5.74) is 6.40. The predicted molar refractivity (Wildman–Crippen MR) is 122 cm³/mol. The molecule has 3 unspecified atom stereocenters. The Bertz CT molecular complexity index is 646. The highest BCUT2D eigenvalue weighted by molar-refractivity contribution is 14.2. The van der Waals surface area contributed by atoms with Crippen molar-refractivity contribution in [3.63, 3.8) is 0 Å². The summed E-state index contributed by atoms with van der Waals surface area (Å²) >= 11 is 3.39. The summed E-state index contributed by atoms with van der Waals surface area (Å²) in [5, 5.41) is -2.01. The lowest BCUT2D eigenvalue weighted by Gasteiger charge is -2.28. The molecular formula is C16H23F2I2NO3P2. The molecular weight excluding hydrogens is 608 g/mol. The third kappa shape index (κ3) is 6.61. The Balaban J connectivity index is 3.33. The number of nitrogens with two attached hydrogens (primary N) is 1. The fourth-order valence-corrected chi connectivity index (χ4v) is 3.44. The highest BCUT2D eigenvalue weighted by Crippen LogP contribution is 2.63. The maximum Gasteiger partial charge on any atom is 0.339 e. The summed E-state index contributed by atoms with van der Waals surface area (Å²) in [6, 6.07) is 4.81. The topological polar surface area (TPSA) is 61.5 Å². The van der Waals surface area contributed by atoms with Crippen LogP contribution in [0.25, 0.3) is 0 Å². The first-order chi connectivity index (χ1) is 11.8. The molecule has 0 aromatic heterocycles. The zero-order valence-corrected chi connectivity index (χ0v) is 21.3. The Hall–Kier alpha value is 0.630. The molecule has 0 bridgehead atoms. The number of halogens is 4. The van der Waals surface area contributed by atoms with Crippen LogP contribution in [0.3, 0.4) is 0 Å². The Morgan fingerprint density at radius 1 is 1.19 bits per heavy atom. The molecule has 0 radical (unpaired) electrons. The molecule has 0 spiro atoms. The van der Waals surface area contributed by atoms with Crippen LogP contribution in [0.5, 0.6) is 5.75 Å². The van der Waals surface area contributed by atoms with Gasteiger partial charge in [0.25, 0.3) is 0 Å². The zero-order valence-electron chi connectivity index (χ0n) is 15.2. The fraction of sp³-hybridized carbons (Fsp3) is 0.562. The van der Waals surface area contributed by atoms with Crippen molar-refractivity contribution in [2.45, 2.75) is 51.2 Å². The second-order valence-corrected chi connectivity index (χ2v) is 15.0. The van der Waals surface area contributed by atoms with E-state index in [0.717, 1.165) is 0 Å². The van der Waals surface area contributed by atoms with E-state index >= 15 is 0 Å². The van der Waals surface area contributed by atoms with Gasteiger partial charge in [-0.2, -0.15) is 0 Å². The average Bonchev–Trinajstić information content (AvgIpc) is 2.53. The lowest BCUT2D eigenvalue weighted by molar-refractivity contribution is 0.0276. The SMILES string of the molecule is CC(CN)Oc1cc(C(=O)OC(C)(C)P(F)I)cc(C(C)(C)P(F)I)c1. The van der Waals surface area contributed by atoms with E-state index in [0.29, 0.717) is 17.9 Å². The van der Waals surface area contributed by atoms with Gasteiger partial charge in [-0.3, -0.25) is 0 Å². The van der Waals surface area contributed by atoms with Crippen LogP contribution in [-0.4, -0.2) is 24.0 Å². The molecule has 2 N–H and O–H groups in total. The summed E-state index contributed by atoms with van der Waals surface area (Å²) < 4.78 is 38.9. The predicted octanol–water partition coefficient (Wildman–Crippen LogP) is 6.97. The molecule has 0 fully saturated rings. The van der Waals surface area contributed by atoms with Gasteiger partial charge in [0.2, 0.25) is 0 Å². The third-order valence-electron chi connectivity index (χ3n) is 3.69. The van der Waals surface area contributed by atoms with Gasteiger partial charge in [0.1, 0.15) is 11.9 Å². The summed E-state index contributed by atoms with van der Waals surface area (Å²) in [6.45, 7) is 8.67. The van der Waals surface area contributed by atoms with Crippen LogP contribution in [0.2, 0.25) is 0 Å². The second kappa shape index (κ2) is 9.90. The number of carbonyl (C=O) groups is 1. The van der Waals surface area contributed by atoms with E-state index < -0.39 is 28.2 Å². The Morgan fingerprint density at radius 3 is 2.23 bits per heavy atom. The molecule has 1 aromatic rings. The normalized spacial score (nSPS) is 15.9. The van der Waals surface area contributed by atoms with Crippen molar-refractivity contribution in [3.05, 3.63) is 29.3 Å². The summed E-state index contributed by atoms with van der Waals surface area (Å²) in [7, 11) is 0. The van der Waals surface area contributed by atoms with Crippen molar-refractivity contribution >= 4 is 61.8 Å². The van der Waals surface area contributed by atoms with Crippen LogP contribution in [0, 0.1) is 0 Å². The largest absolute Gasteiger partial charge is 0.489 e. The van der Waals surface area contributed by atoms with Crippen molar-refractivity contribution in [1.29, 1.82) is 0 Å². The van der Waals surface area contributed by atoms with E-state index in [-0.39, 0.29) is 11.7 Å². The van der Waals surface area contributed by atoms with Crippen LogP contribution in [-0.2, 0) is 9.89 Å². The number of hydrogen-bond acceptors (Lipinski definition) is 4.